The minimum atomic E-state index is -0.575. The first-order valence-corrected chi connectivity index (χ1v) is 11.6. The highest BCUT2D eigenvalue weighted by Crippen LogP contribution is 2.26. The van der Waals surface area contributed by atoms with Crippen LogP contribution < -0.4 is 4.90 Å². The summed E-state index contributed by atoms with van der Waals surface area (Å²) >= 11 is 8.10. The van der Waals surface area contributed by atoms with Gasteiger partial charge in [-0.05, 0) is 61.3 Å². The molecular weight excluding hydrogens is 380 g/mol. The van der Waals surface area contributed by atoms with E-state index < -0.39 is 5.38 Å². The molecule has 1 atom stereocenters. The molecule has 0 saturated carbocycles. The molecule has 0 fully saturated rings. The highest BCUT2D eigenvalue weighted by atomic mass is 35.5. The van der Waals surface area contributed by atoms with Crippen molar-refractivity contribution in [2.45, 2.75) is 65.2 Å². The van der Waals surface area contributed by atoms with E-state index in [-0.39, 0.29) is 12.6 Å². The second-order valence-corrected chi connectivity index (χ2v) is 7.84. The molecule has 27 heavy (non-hydrogen) atoms. The fraction of sp³-hybridized carbons (Fsp3) is 0.619. The number of amides is 1. The lowest BCUT2D eigenvalue weighted by Crippen LogP contribution is -2.38. The fourth-order valence-corrected chi connectivity index (χ4v) is 3.25. The minimum Gasteiger partial charge on any atom is -0.373 e. The molecule has 0 aromatic heterocycles. The summed E-state index contributed by atoms with van der Waals surface area (Å²) in [7, 11) is 0. The van der Waals surface area contributed by atoms with Gasteiger partial charge in [0.2, 0.25) is 5.91 Å². The molecule has 1 rings (SSSR count). The second kappa shape index (κ2) is 13.1. The van der Waals surface area contributed by atoms with Crippen LogP contribution in [-0.4, -0.2) is 35.7 Å². The van der Waals surface area contributed by atoms with E-state index in [4.69, 9.17) is 16.4 Å². The molecule has 4 nitrogen and oxygen atoms in total. The predicted octanol–water partition coefficient (Wildman–Crippen LogP) is 5.66. The highest BCUT2D eigenvalue weighted by molar-refractivity contribution is 7.98. The monoisotopic (exact) mass is 412 g/mol. The van der Waals surface area contributed by atoms with E-state index >= 15 is 0 Å². The SMILES string of the molecule is CCC(CC)=NOCN(C(=O)C(Cl)CC)c1cc(CCSC)ccc1CC. The van der Waals surface area contributed by atoms with Crippen molar-refractivity contribution in [2.75, 3.05) is 23.6 Å². The van der Waals surface area contributed by atoms with Gasteiger partial charge >= 0.3 is 0 Å². The van der Waals surface area contributed by atoms with Gasteiger partial charge in [0.25, 0.3) is 0 Å². The quantitative estimate of drug-likeness (QED) is 0.192. The number of thioether (sulfide) groups is 1. The zero-order chi connectivity index (χ0) is 20.2. The Morgan fingerprint density at radius 3 is 2.52 bits per heavy atom. The molecule has 0 saturated heterocycles. The number of aryl methyl sites for hydroxylation is 2. The number of carbonyl (C=O) groups is 1. The summed E-state index contributed by atoms with van der Waals surface area (Å²) in [5, 5.41) is 3.62. The molecule has 152 valence electrons. The minimum absolute atomic E-state index is 0.0739. The van der Waals surface area contributed by atoms with Crippen LogP contribution in [0.4, 0.5) is 5.69 Å². The summed E-state index contributed by atoms with van der Waals surface area (Å²) in [6.45, 7) is 8.17. The van der Waals surface area contributed by atoms with Gasteiger partial charge in [-0.3, -0.25) is 9.69 Å². The number of oxime groups is 1. The second-order valence-electron chi connectivity index (χ2n) is 6.32. The summed E-state index contributed by atoms with van der Waals surface area (Å²) < 4.78 is 0. The number of hydrogen-bond acceptors (Lipinski definition) is 4. The van der Waals surface area contributed by atoms with Gasteiger partial charge in [0.05, 0.1) is 11.4 Å². The average molecular weight is 413 g/mol. The lowest BCUT2D eigenvalue weighted by molar-refractivity contribution is -0.119. The van der Waals surface area contributed by atoms with E-state index in [1.807, 2.05) is 32.5 Å². The van der Waals surface area contributed by atoms with Crippen LogP contribution in [0.3, 0.4) is 0 Å². The molecule has 0 aliphatic rings. The number of anilines is 1. The lowest BCUT2D eigenvalue weighted by Gasteiger charge is -2.26. The van der Waals surface area contributed by atoms with E-state index in [0.29, 0.717) is 6.42 Å². The van der Waals surface area contributed by atoms with Crippen molar-refractivity contribution in [1.29, 1.82) is 0 Å². The molecular formula is C21H33ClN2O2S. The van der Waals surface area contributed by atoms with Crippen LogP contribution in [0.5, 0.6) is 0 Å². The summed E-state index contributed by atoms with van der Waals surface area (Å²) in [4.78, 5) is 20.2. The Bertz CT molecular complexity index is 616. The highest BCUT2D eigenvalue weighted by Gasteiger charge is 2.25. The van der Waals surface area contributed by atoms with Crippen LogP contribution in [0, 0.1) is 0 Å². The Kier molecular flexibility index (Phi) is 11.5. The topological polar surface area (TPSA) is 41.9 Å². The Labute approximate surface area is 173 Å². The Morgan fingerprint density at radius 2 is 1.96 bits per heavy atom. The third kappa shape index (κ3) is 7.38. The molecule has 1 amide bonds. The number of halogens is 1. The summed E-state index contributed by atoms with van der Waals surface area (Å²) in [6, 6.07) is 6.34. The standard InChI is InChI=1S/C21H33ClN2O2S/c1-6-17-11-10-16(12-13-27-5)14-20(17)24(21(25)19(22)9-4)15-26-23-18(7-2)8-3/h10-11,14,19H,6-9,12-13,15H2,1-5H3. The van der Waals surface area contributed by atoms with Crippen molar-refractivity contribution in [2.24, 2.45) is 5.16 Å². The predicted molar refractivity (Wildman–Crippen MR) is 119 cm³/mol. The molecule has 0 aliphatic carbocycles. The normalized spacial score (nSPS) is 11.8. The van der Waals surface area contributed by atoms with Gasteiger partial charge in [-0.15, -0.1) is 11.6 Å². The van der Waals surface area contributed by atoms with Gasteiger partial charge in [0.15, 0.2) is 6.73 Å². The smallest absolute Gasteiger partial charge is 0.247 e. The number of hydrogen-bond donors (Lipinski definition) is 0. The molecule has 0 bridgehead atoms. The van der Waals surface area contributed by atoms with Gasteiger partial charge in [-0.2, -0.15) is 11.8 Å². The first-order chi connectivity index (χ1) is 13.0. The van der Waals surface area contributed by atoms with Crippen LogP contribution in [0.2, 0.25) is 0 Å². The Morgan fingerprint density at radius 1 is 1.26 bits per heavy atom. The Hall–Kier alpha value is -1.20. The number of rotatable bonds is 12. The van der Waals surface area contributed by atoms with E-state index in [1.54, 1.807) is 4.90 Å². The third-order valence-electron chi connectivity index (χ3n) is 4.51. The van der Waals surface area contributed by atoms with Crippen molar-refractivity contribution >= 4 is 40.7 Å². The van der Waals surface area contributed by atoms with Gasteiger partial charge < -0.3 is 4.84 Å². The third-order valence-corrected chi connectivity index (χ3v) is 5.61. The molecule has 1 unspecified atom stereocenters. The van der Waals surface area contributed by atoms with E-state index in [0.717, 1.165) is 48.4 Å². The van der Waals surface area contributed by atoms with Gasteiger partial charge in [-0.1, -0.05) is 45.0 Å². The first kappa shape index (κ1) is 23.8. The van der Waals surface area contributed by atoms with Gasteiger partial charge in [0, 0.05) is 0 Å². The molecule has 0 N–H and O–H groups in total. The van der Waals surface area contributed by atoms with Gasteiger partial charge in [-0.25, -0.2) is 0 Å². The Balaban J connectivity index is 3.19. The van der Waals surface area contributed by atoms with Crippen LogP contribution in [0.15, 0.2) is 23.4 Å². The van der Waals surface area contributed by atoms with Crippen molar-refractivity contribution in [3.8, 4) is 0 Å². The van der Waals surface area contributed by atoms with Crippen LogP contribution in [-0.2, 0) is 22.5 Å². The van der Waals surface area contributed by atoms with Crippen molar-refractivity contribution < 1.29 is 9.63 Å². The number of benzene rings is 1. The maximum atomic E-state index is 12.9. The fourth-order valence-electron chi connectivity index (χ4n) is 2.69. The van der Waals surface area contributed by atoms with E-state index in [9.17, 15) is 4.79 Å². The molecule has 6 heteroatoms. The lowest BCUT2D eigenvalue weighted by atomic mass is 10.0. The molecule has 0 spiro atoms. The zero-order valence-corrected chi connectivity index (χ0v) is 18.8. The number of nitrogens with zero attached hydrogens (tertiary/aromatic N) is 2. The molecule has 0 heterocycles. The van der Waals surface area contributed by atoms with E-state index in [2.05, 4.69) is 36.5 Å². The van der Waals surface area contributed by atoms with E-state index in [1.165, 1.54) is 5.56 Å². The summed E-state index contributed by atoms with van der Waals surface area (Å²) in [5.41, 5.74) is 4.17. The molecule has 1 aromatic rings. The summed E-state index contributed by atoms with van der Waals surface area (Å²) in [5.74, 6) is 0.906. The van der Waals surface area contributed by atoms with Crippen molar-refractivity contribution in [1.82, 2.24) is 0 Å². The number of alkyl halides is 1. The van der Waals surface area contributed by atoms with Crippen molar-refractivity contribution in [3.63, 3.8) is 0 Å². The van der Waals surface area contributed by atoms with Gasteiger partial charge in [0.1, 0.15) is 5.38 Å². The molecule has 0 aliphatic heterocycles. The first-order valence-electron chi connectivity index (χ1n) is 9.76. The number of carbonyl (C=O) groups excluding carboxylic acids is 1. The molecule has 0 radical (unpaired) electrons. The molecule has 1 aromatic carbocycles. The van der Waals surface area contributed by atoms with Crippen LogP contribution in [0.25, 0.3) is 0 Å². The maximum Gasteiger partial charge on any atom is 0.247 e. The van der Waals surface area contributed by atoms with Crippen molar-refractivity contribution in [3.05, 3.63) is 29.3 Å². The van der Waals surface area contributed by atoms with Crippen LogP contribution >= 0.6 is 23.4 Å². The van der Waals surface area contributed by atoms with Crippen LogP contribution in [0.1, 0.15) is 58.1 Å². The zero-order valence-electron chi connectivity index (χ0n) is 17.3. The maximum absolute atomic E-state index is 12.9. The largest absolute Gasteiger partial charge is 0.373 e. The summed E-state index contributed by atoms with van der Waals surface area (Å²) in [6.07, 6.45) is 6.14. The average Bonchev–Trinajstić information content (AvgIpc) is 2.71.